The monoisotopic (exact) mass is 496 g/mol. The number of aliphatic hydroxyl groups excluding tert-OH is 1. The molecule has 2 fully saturated rings. The average Bonchev–Trinajstić information content (AvgIpc) is 3.37. The fourth-order valence-corrected chi connectivity index (χ4v) is 5.83. The van der Waals surface area contributed by atoms with Crippen molar-refractivity contribution in [2.24, 2.45) is 11.8 Å². The van der Waals surface area contributed by atoms with Gasteiger partial charge in [-0.05, 0) is 37.0 Å². The van der Waals surface area contributed by atoms with Crippen molar-refractivity contribution in [3.05, 3.63) is 52.6 Å². The molecule has 4 rings (SSSR count). The number of para-hydroxylation sites is 1. The maximum absolute atomic E-state index is 14.1. The second-order valence-electron chi connectivity index (χ2n) is 9.22. The second-order valence-corrected chi connectivity index (χ2v) is 9.22. The maximum atomic E-state index is 14.1. The summed E-state index contributed by atoms with van der Waals surface area (Å²) in [7, 11) is 3.01. The first kappa shape index (κ1) is 25.7. The number of anilines is 1. The Hall–Kier alpha value is -3.43. The van der Waals surface area contributed by atoms with Gasteiger partial charge < -0.3 is 19.7 Å². The molecule has 0 aromatic heterocycles. The first-order valence-electron chi connectivity index (χ1n) is 12.0. The molecule has 0 saturated carbocycles. The molecule has 4 unspecified atom stereocenters. The van der Waals surface area contributed by atoms with E-state index in [0.29, 0.717) is 41.2 Å². The van der Waals surface area contributed by atoms with E-state index >= 15 is 0 Å². The van der Waals surface area contributed by atoms with Crippen LogP contribution in [0.4, 0.5) is 5.69 Å². The minimum atomic E-state index is -2.04. The predicted octanol–water partition coefficient (Wildman–Crippen LogP) is 2.40. The topological polar surface area (TPSA) is 125 Å². The van der Waals surface area contributed by atoms with E-state index < -0.39 is 47.8 Å². The predicted molar refractivity (Wildman–Crippen MR) is 132 cm³/mol. The van der Waals surface area contributed by atoms with Crippen LogP contribution in [0.15, 0.2) is 30.3 Å². The van der Waals surface area contributed by atoms with Gasteiger partial charge in [0.2, 0.25) is 11.8 Å². The van der Waals surface area contributed by atoms with Crippen LogP contribution in [0.2, 0.25) is 0 Å². The lowest BCUT2D eigenvalue weighted by Gasteiger charge is -2.30. The minimum Gasteiger partial charge on any atom is -0.496 e. The van der Waals surface area contributed by atoms with Gasteiger partial charge in [0.15, 0.2) is 5.54 Å². The van der Waals surface area contributed by atoms with E-state index in [2.05, 4.69) is 5.32 Å². The highest BCUT2D eigenvalue weighted by Gasteiger charge is 2.69. The number of aliphatic carboxylic acids is 1. The number of hydrogen-bond donors (Lipinski definition) is 3. The van der Waals surface area contributed by atoms with Crippen LogP contribution in [0.5, 0.6) is 11.5 Å². The van der Waals surface area contributed by atoms with Crippen molar-refractivity contribution in [3.63, 3.8) is 0 Å². The Balaban J connectivity index is 1.94. The summed E-state index contributed by atoms with van der Waals surface area (Å²) in [4.78, 5) is 41.8. The lowest BCUT2D eigenvalue weighted by Crippen LogP contribution is -2.58. The van der Waals surface area contributed by atoms with Gasteiger partial charge in [-0.3, -0.25) is 19.7 Å². The number of benzene rings is 2. The van der Waals surface area contributed by atoms with Gasteiger partial charge in [-0.2, -0.15) is 0 Å². The third-order valence-electron chi connectivity index (χ3n) is 7.62. The number of nitrogens with one attached hydrogen (secondary N) is 1. The standard InChI is InChI=1S/C27H32N2O7/c1-6-15-9-8-10-16(7-2)22(15)29-24(31)19-20(25(29)32)27(13-30,26(33)34)28-21(19)17-11-12-18(35-4)14(3)23(17)36-5/h8-12,19-21,28,30H,6-7,13H2,1-5H3,(H,33,34). The van der Waals surface area contributed by atoms with Crippen LogP contribution < -0.4 is 19.7 Å². The Kier molecular flexibility index (Phi) is 6.81. The quantitative estimate of drug-likeness (QED) is 0.476. The van der Waals surface area contributed by atoms with E-state index in [9.17, 15) is 24.6 Å². The Morgan fingerprint density at radius 2 is 1.69 bits per heavy atom. The van der Waals surface area contributed by atoms with E-state index in [1.54, 1.807) is 19.1 Å². The van der Waals surface area contributed by atoms with Crippen LogP contribution in [0.25, 0.3) is 0 Å². The number of rotatable bonds is 8. The zero-order chi connectivity index (χ0) is 26.4. The number of ether oxygens (including phenoxy) is 2. The van der Waals surface area contributed by atoms with Crippen molar-refractivity contribution in [2.45, 2.75) is 45.2 Å². The molecule has 0 bridgehead atoms. The Labute approximate surface area is 210 Å². The van der Waals surface area contributed by atoms with Gasteiger partial charge in [0.05, 0.1) is 38.3 Å². The number of aliphatic hydroxyl groups is 1. The number of carbonyl (C=O) groups is 3. The number of methoxy groups -OCH3 is 2. The molecular weight excluding hydrogens is 464 g/mol. The first-order chi connectivity index (χ1) is 17.2. The van der Waals surface area contributed by atoms with E-state index in [1.807, 2.05) is 32.0 Å². The smallest absolute Gasteiger partial charge is 0.327 e. The van der Waals surface area contributed by atoms with Gasteiger partial charge in [0.25, 0.3) is 0 Å². The van der Waals surface area contributed by atoms with Crippen LogP contribution in [0, 0.1) is 18.8 Å². The number of hydrogen-bond acceptors (Lipinski definition) is 7. The fourth-order valence-electron chi connectivity index (χ4n) is 5.83. The molecular formula is C27H32N2O7. The molecule has 2 aromatic carbocycles. The number of imide groups is 1. The third kappa shape index (κ3) is 3.49. The molecule has 0 aliphatic carbocycles. The summed E-state index contributed by atoms with van der Waals surface area (Å²) >= 11 is 0. The molecule has 0 spiro atoms. The van der Waals surface area contributed by atoms with Crippen LogP contribution in [-0.4, -0.2) is 54.4 Å². The summed E-state index contributed by atoms with van der Waals surface area (Å²) in [6, 6.07) is 8.14. The number of carbonyl (C=O) groups excluding carboxylic acids is 2. The Bertz CT molecular complexity index is 1200. The van der Waals surface area contributed by atoms with Crippen molar-refractivity contribution in [1.29, 1.82) is 0 Å². The van der Waals surface area contributed by atoms with Gasteiger partial charge in [-0.1, -0.05) is 38.1 Å². The van der Waals surface area contributed by atoms with E-state index in [1.165, 1.54) is 14.2 Å². The van der Waals surface area contributed by atoms with Crippen LogP contribution in [0.3, 0.4) is 0 Å². The average molecular weight is 497 g/mol. The summed E-state index contributed by atoms with van der Waals surface area (Å²) in [6.07, 6.45) is 1.18. The SMILES string of the molecule is CCc1cccc(CC)c1N1C(=O)C2C(c3ccc(OC)c(C)c3OC)NC(CO)(C(=O)O)C2C1=O. The Morgan fingerprint density at radius 3 is 2.19 bits per heavy atom. The molecule has 9 heteroatoms. The van der Waals surface area contributed by atoms with Gasteiger partial charge >= 0.3 is 5.97 Å². The Morgan fingerprint density at radius 1 is 1.06 bits per heavy atom. The molecule has 2 amide bonds. The molecule has 2 heterocycles. The largest absolute Gasteiger partial charge is 0.496 e. The van der Waals surface area contributed by atoms with E-state index in [-0.39, 0.29) is 0 Å². The molecule has 0 radical (unpaired) electrons. The van der Waals surface area contributed by atoms with Crippen molar-refractivity contribution >= 4 is 23.5 Å². The fraction of sp³-hybridized carbons (Fsp3) is 0.444. The number of fused-ring (bicyclic) bond motifs is 1. The highest BCUT2D eigenvalue weighted by molar-refractivity contribution is 6.25. The van der Waals surface area contributed by atoms with Gasteiger partial charge in [-0.25, -0.2) is 4.90 Å². The van der Waals surface area contributed by atoms with Crippen LogP contribution >= 0.6 is 0 Å². The summed E-state index contributed by atoms with van der Waals surface area (Å²) in [5.74, 6) is -3.89. The van der Waals surface area contributed by atoms with Crippen LogP contribution in [0.1, 0.15) is 42.1 Å². The van der Waals surface area contributed by atoms with Crippen molar-refractivity contribution in [2.75, 3.05) is 25.7 Å². The van der Waals surface area contributed by atoms with E-state index in [0.717, 1.165) is 16.0 Å². The highest BCUT2D eigenvalue weighted by atomic mass is 16.5. The molecule has 2 aromatic rings. The summed E-state index contributed by atoms with van der Waals surface area (Å²) in [5.41, 5.74) is 1.31. The molecule has 2 saturated heterocycles. The number of aryl methyl sites for hydroxylation is 2. The highest BCUT2D eigenvalue weighted by Crippen LogP contribution is 2.52. The zero-order valence-corrected chi connectivity index (χ0v) is 21.1. The van der Waals surface area contributed by atoms with Crippen molar-refractivity contribution in [1.82, 2.24) is 5.32 Å². The van der Waals surface area contributed by atoms with Gasteiger partial charge in [-0.15, -0.1) is 0 Å². The number of carboxylic acids is 1. The zero-order valence-electron chi connectivity index (χ0n) is 21.1. The molecule has 2 aliphatic heterocycles. The number of nitrogens with zero attached hydrogens (tertiary/aromatic N) is 1. The first-order valence-corrected chi connectivity index (χ1v) is 12.0. The van der Waals surface area contributed by atoms with Crippen molar-refractivity contribution in [3.8, 4) is 11.5 Å². The lowest BCUT2D eigenvalue weighted by molar-refractivity contribution is -0.150. The number of carboxylic acid groups (broad SMARTS) is 1. The molecule has 9 nitrogen and oxygen atoms in total. The second kappa shape index (κ2) is 9.55. The van der Waals surface area contributed by atoms with Crippen molar-refractivity contribution < 1.29 is 34.1 Å². The van der Waals surface area contributed by atoms with E-state index in [4.69, 9.17) is 9.47 Å². The van der Waals surface area contributed by atoms with Gasteiger partial charge in [0, 0.05) is 17.2 Å². The summed E-state index contributed by atoms with van der Waals surface area (Å²) < 4.78 is 11.0. The number of amides is 2. The molecule has 3 N–H and O–H groups in total. The van der Waals surface area contributed by atoms with Crippen LogP contribution in [-0.2, 0) is 27.2 Å². The third-order valence-corrected chi connectivity index (χ3v) is 7.62. The summed E-state index contributed by atoms with van der Waals surface area (Å²) in [5, 5.41) is 23.6. The molecule has 4 atom stereocenters. The lowest BCUT2D eigenvalue weighted by atomic mass is 9.79. The normalized spacial score (nSPS) is 25.3. The molecule has 2 aliphatic rings. The molecule has 192 valence electrons. The molecule has 36 heavy (non-hydrogen) atoms. The minimum absolute atomic E-state index is 0.423. The van der Waals surface area contributed by atoms with Gasteiger partial charge in [0.1, 0.15) is 11.5 Å². The summed E-state index contributed by atoms with van der Waals surface area (Å²) in [6.45, 7) is 4.81. The maximum Gasteiger partial charge on any atom is 0.327 e.